The van der Waals surface area contributed by atoms with E-state index in [0.29, 0.717) is 0 Å². The molecule has 1 aliphatic rings. The first-order valence-corrected chi connectivity index (χ1v) is 8.03. The largest absolute Gasteiger partial charge is 0.316 e. The maximum atomic E-state index is 3.51. The summed E-state index contributed by atoms with van der Waals surface area (Å²) >= 11 is 5.28. The Morgan fingerprint density at radius 2 is 2.47 bits per heavy atom. The van der Waals surface area contributed by atoms with Gasteiger partial charge in [-0.1, -0.05) is 0 Å². The van der Waals surface area contributed by atoms with Gasteiger partial charge in [-0.2, -0.15) is 0 Å². The predicted octanol–water partition coefficient (Wildman–Crippen LogP) is 3.33. The predicted molar refractivity (Wildman–Crippen MR) is 78.6 cm³/mol. The SMILES string of the molecule is CN(CCCC1CCNC1)Cc1csc(Br)c1. The van der Waals surface area contributed by atoms with Crippen molar-refractivity contribution in [2.75, 3.05) is 26.7 Å². The number of nitrogens with zero attached hydrogens (tertiary/aromatic N) is 1. The van der Waals surface area contributed by atoms with Crippen molar-refractivity contribution in [3.8, 4) is 0 Å². The lowest BCUT2D eigenvalue weighted by Crippen LogP contribution is -2.19. The molecule has 17 heavy (non-hydrogen) atoms. The van der Waals surface area contributed by atoms with Crippen LogP contribution in [0.4, 0.5) is 0 Å². The normalized spacial score (nSPS) is 20.3. The molecule has 0 saturated carbocycles. The second-order valence-corrected chi connectivity index (χ2v) is 7.29. The lowest BCUT2D eigenvalue weighted by molar-refractivity contribution is 0.308. The van der Waals surface area contributed by atoms with Crippen LogP contribution in [0.1, 0.15) is 24.8 Å². The quantitative estimate of drug-likeness (QED) is 0.866. The second kappa shape index (κ2) is 6.88. The van der Waals surface area contributed by atoms with E-state index in [1.807, 2.05) is 0 Å². The van der Waals surface area contributed by atoms with E-state index in [-0.39, 0.29) is 0 Å². The molecule has 1 aliphatic heterocycles. The highest BCUT2D eigenvalue weighted by molar-refractivity contribution is 9.11. The Morgan fingerprint density at radius 3 is 3.12 bits per heavy atom. The number of thiophene rings is 1. The zero-order valence-electron chi connectivity index (χ0n) is 10.4. The zero-order valence-corrected chi connectivity index (χ0v) is 12.8. The first kappa shape index (κ1) is 13.5. The topological polar surface area (TPSA) is 15.3 Å². The minimum Gasteiger partial charge on any atom is -0.316 e. The molecule has 2 heterocycles. The average Bonchev–Trinajstić information content (AvgIpc) is 2.90. The van der Waals surface area contributed by atoms with Crippen LogP contribution in [0.2, 0.25) is 0 Å². The van der Waals surface area contributed by atoms with Gasteiger partial charge < -0.3 is 10.2 Å². The van der Waals surface area contributed by atoms with Crippen molar-refractivity contribution in [1.29, 1.82) is 0 Å². The molecule has 2 rings (SSSR count). The number of nitrogens with one attached hydrogen (secondary N) is 1. The molecule has 0 aromatic carbocycles. The van der Waals surface area contributed by atoms with Crippen molar-refractivity contribution in [2.45, 2.75) is 25.8 Å². The number of hydrogen-bond donors (Lipinski definition) is 1. The summed E-state index contributed by atoms with van der Waals surface area (Å²) in [4.78, 5) is 2.43. The van der Waals surface area contributed by atoms with Crippen LogP contribution >= 0.6 is 27.3 Å². The fourth-order valence-electron chi connectivity index (χ4n) is 2.43. The van der Waals surface area contributed by atoms with Gasteiger partial charge in [-0.15, -0.1) is 11.3 Å². The van der Waals surface area contributed by atoms with E-state index in [2.05, 4.69) is 44.6 Å². The first-order valence-electron chi connectivity index (χ1n) is 6.36. The second-order valence-electron chi connectivity index (χ2n) is 5.00. The molecule has 1 aromatic heterocycles. The van der Waals surface area contributed by atoms with Crippen molar-refractivity contribution in [3.05, 3.63) is 20.8 Å². The van der Waals surface area contributed by atoms with Crippen molar-refractivity contribution in [3.63, 3.8) is 0 Å². The monoisotopic (exact) mass is 316 g/mol. The standard InChI is InChI=1S/C13H21BrN2S/c1-16(9-12-7-13(14)17-10-12)6-2-3-11-4-5-15-8-11/h7,10-11,15H,2-6,8-9H2,1H3. The summed E-state index contributed by atoms with van der Waals surface area (Å²) in [6, 6.07) is 2.22. The van der Waals surface area contributed by atoms with Crippen LogP contribution in [0.15, 0.2) is 15.2 Å². The Hall–Kier alpha value is 0.100. The van der Waals surface area contributed by atoms with E-state index in [4.69, 9.17) is 0 Å². The van der Waals surface area contributed by atoms with Crippen LogP contribution in [0, 0.1) is 5.92 Å². The van der Waals surface area contributed by atoms with Crippen LogP contribution in [0.5, 0.6) is 0 Å². The summed E-state index contributed by atoms with van der Waals surface area (Å²) in [5, 5.41) is 5.67. The molecule has 1 atom stereocenters. The number of hydrogen-bond acceptors (Lipinski definition) is 3. The Bertz CT molecular complexity index is 334. The third kappa shape index (κ3) is 4.70. The van der Waals surface area contributed by atoms with Crippen molar-refractivity contribution in [1.82, 2.24) is 10.2 Å². The van der Waals surface area contributed by atoms with Crippen molar-refractivity contribution in [2.24, 2.45) is 5.92 Å². The average molecular weight is 317 g/mol. The summed E-state index contributed by atoms with van der Waals surface area (Å²) < 4.78 is 1.23. The van der Waals surface area contributed by atoms with Gasteiger partial charge in [0.1, 0.15) is 0 Å². The van der Waals surface area contributed by atoms with E-state index in [9.17, 15) is 0 Å². The fraction of sp³-hybridized carbons (Fsp3) is 0.692. The Morgan fingerprint density at radius 1 is 1.59 bits per heavy atom. The minimum absolute atomic E-state index is 0.929. The molecule has 0 aliphatic carbocycles. The highest BCUT2D eigenvalue weighted by Crippen LogP contribution is 2.21. The number of halogens is 1. The van der Waals surface area contributed by atoms with Gasteiger partial charge in [0.25, 0.3) is 0 Å². The highest BCUT2D eigenvalue weighted by atomic mass is 79.9. The summed E-state index contributed by atoms with van der Waals surface area (Å²) in [6.07, 6.45) is 4.08. The van der Waals surface area contributed by atoms with E-state index < -0.39 is 0 Å². The van der Waals surface area contributed by atoms with Crippen LogP contribution < -0.4 is 5.32 Å². The van der Waals surface area contributed by atoms with Gasteiger partial charge in [-0.3, -0.25) is 0 Å². The van der Waals surface area contributed by atoms with Crippen LogP contribution in [-0.2, 0) is 6.54 Å². The summed E-state index contributed by atoms with van der Waals surface area (Å²) in [6.45, 7) is 4.75. The lowest BCUT2D eigenvalue weighted by Gasteiger charge is -2.16. The molecule has 1 fully saturated rings. The maximum absolute atomic E-state index is 3.51. The van der Waals surface area contributed by atoms with Gasteiger partial charge in [0.05, 0.1) is 3.79 Å². The van der Waals surface area contributed by atoms with E-state index in [1.54, 1.807) is 11.3 Å². The van der Waals surface area contributed by atoms with E-state index >= 15 is 0 Å². The minimum atomic E-state index is 0.929. The third-order valence-corrected chi connectivity index (χ3v) is 4.94. The molecule has 4 heteroatoms. The summed E-state index contributed by atoms with van der Waals surface area (Å²) in [5.41, 5.74) is 1.42. The highest BCUT2D eigenvalue weighted by Gasteiger charge is 2.13. The molecule has 0 spiro atoms. The lowest BCUT2D eigenvalue weighted by atomic mass is 10.0. The summed E-state index contributed by atoms with van der Waals surface area (Å²) in [5.74, 6) is 0.929. The van der Waals surface area contributed by atoms with Gasteiger partial charge in [0, 0.05) is 6.54 Å². The van der Waals surface area contributed by atoms with Gasteiger partial charge in [-0.05, 0) is 84.8 Å². The van der Waals surface area contributed by atoms with Crippen LogP contribution in [0.25, 0.3) is 0 Å². The first-order chi connectivity index (χ1) is 8.24. The van der Waals surface area contributed by atoms with E-state index in [0.717, 1.165) is 12.5 Å². The molecule has 1 unspecified atom stereocenters. The molecule has 1 aromatic rings. The Labute approximate surface area is 117 Å². The molecule has 0 amide bonds. The summed E-state index contributed by atoms with van der Waals surface area (Å²) in [7, 11) is 2.22. The van der Waals surface area contributed by atoms with Crippen LogP contribution in [0.3, 0.4) is 0 Å². The smallest absolute Gasteiger partial charge is 0.0701 e. The van der Waals surface area contributed by atoms with Crippen molar-refractivity contribution >= 4 is 27.3 Å². The van der Waals surface area contributed by atoms with E-state index in [1.165, 1.54) is 48.2 Å². The molecule has 2 nitrogen and oxygen atoms in total. The van der Waals surface area contributed by atoms with Gasteiger partial charge in [0.15, 0.2) is 0 Å². The Balaban J connectivity index is 1.61. The molecule has 1 N–H and O–H groups in total. The fourth-order valence-corrected chi connectivity index (χ4v) is 3.63. The number of rotatable bonds is 6. The van der Waals surface area contributed by atoms with Gasteiger partial charge in [0.2, 0.25) is 0 Å². The van der Waals surface area contributed by atoms with Gasteiger partial charge in [-0.25, -0.2) is 0 Å². The molecule has 96 valence electrons. The van der Waals surface area contributed by atoms with Crippen LogP contribution in [-0.4, -0.2) is 31.6 Å². The molecular formula is C13H21BrN2S. The zero-order chi connectivity index (χ0) is 12.1. The molecule has 1 saturated heterocycles. The maximum Gasteiger partial charge on any atom is 0.0701 e. The molecule has 0 radical (unpaired) electrons. The third-order valence-electron chi connectivity index (χ3n) is 3.39. The molecular weight excluding hydrogens is 296 g/mol. The Kier molecular flexibility index (Phi) is 5.48. The molecule has 0 bridgehead atoms. The van der Waals surface area contributed by atoms with Crippen molar-refractivity contribution < 1.29 is 0 Å². The van der Waals surface area contributed by atoms with Gasteiger partial charge >= 0.3 is 0 Å².